The first kappa shape index (κ1) is 16.1. The minimum atomic E-state index is -4.16. The first-order valence-electron chi connectivity index (χ1n) is 5.68. The molecule has 0 heterocycles. The van der Waals surface area contributed by atoms with E-state index in [1.165, 1.54) is 0 Å². The average Bonchev–Trinajstić information content (AvgIpc) is 2.25. The van der Waals surface area contributed by atoms with Gasteiger partial charge >= 0.3 is 5.97 Å². The third-order valence-electron chi connectivity index (χ3n) is 2.28. The molecule has 8 heteroatoms. The number of hydrogen-bond donors (Lipinski definition) is 2. The summed E-state index contributed by atoms with van der Waals surface area (Å²) in [5.41, 5.74) is -0.368. The maximum absolute atomic E-state index is 13.6. The van der Waals surface area contributed by atoms with Crippen LogP contribution in [-0.4, -0.2) is 37.2 Å². The lowest BCUT2D eigenvalue weighted by Crippen LogP contribution is -2.35. The molecule has 0 unspecified atom stereocenters. The fourth-order valence-electron chi connectivity index (χ4n) is 1.50. The van der Waals surface area contributed by atoms with Crippen molar-refractivity contribution in [1.29, 1.82) is 0 Å². The van der Waals surface area contributed by atoms with Crippen LogP contribution in [0.3, 0.4) is 0 Å². The Morgan fingerprint density at radius 2 is 1.95 bits per heavy atom. The van der Waals surface area contributed by atoms with Crippen molar-refractivity contribution in [3.05, 3.63) is 29.6 Å². The zero-order chi connectivity index (χ0) is 15.5. The highest BCUT2D eigenvalue weighted by Gasteiger charge is 2.24. The van der Waals surface area contributed by atoms with E-state index in [9.17, 15) is 22.4 Å². The topological polar surface area (TPSA) is 101 Å². The van der Waals surface area contributed by atoms with Crippen molar-refractivity contribution in [3.63, 3.8) is 0 Å². The van der Waals surface area contributed by atoms with Gasteiger partial charge in [-0.05, 0) is 32.0 Å². The molecule has 0 aliphatic heterocycles. The first-order valence-corrected chi connectivity index (χ1v) is 7.33. The highest BCUT2D eigenvalue weighted by molar-refractivity contribution is 7.92. The zero-order valence-corrected chi connectivity index (χ0v) is 11.7. The molecule has 0 atom stereocenters. The Bertz CT molecular complexity index is 639. The van der Waals surface area contributed by atoms with E-state index >= 15 is 0 Å². The molecule has 110 valence electrons. The lowest BCUT2D eigenvalue weighted by atomic mass is 10.2. The summed E-state index contributed by atoms with van der Waals surface area (Å²) < 4.78 is 37.4. The lowest BCUT2D eigenvalue weighted by molar-refractivity contribution is -0.119. The second kappa shape index (κ2) is 6.00. The van der Waals surface area contributed by atoms with Gasteiger partial charge in [-0.3, -0.25) is 4.79 Å². The van der Waals surface area contributed by atoms with E-state index in [0.29, 0.717) is 6.07 Å². The number of halogens is 1. The normalized spacial score (nSPS) is 11.4. The highest BCUT2D eigenvalue weighted by atomic mass is 32.2. The van der Waals surface area contributed by atoms with E-state index in [-0.39, 0.29) is 11.6 Å². The predicted molar refractivity (Wildman–Crippen MR) is 68.7 cm³/mol. The molecule has 0 bridgehead atoms. The summed E-state index contributed by atoms with van der Waals surface area (Å²) >= 11 is 0. The Morgan fingerprint density at radius 1 is 1.35 bits per heavy atom. The molecule has 1 amide bonds. The Morgan fingerprint density at radius 3 is 2.40 bits per heavy atom. The third kappa shape index (κ3) is 4.02. The highest BCUT2D eigenvalue weighted by Crippen LogP contribution is 2.17. The maximum atomic E-state index is 13.6. The standard InChI is InChI=1S/C12H14FNO5S/c1-7(2)14-11(15)6-20(18,19)10-4-3-8(12(16)17)5-9(10)13/h3-5,7H,6H2,1-2H3,(H,14,15)(H,16,17). The SMILES string of the molecule is CC(C)NC(=O)CS(=O)(=O)c1ccc(C(=O)O)cc1F. The van der Waals surface area contributed by atoms with E-state index < -0.39 is 38.2 Å². The van der Waals surface area contributed by atoms with Gasteiger partial charge in [-0.25, -0.2) is 17.6 Å². The van der Waals surface area contributed by atoms with E-state index in [4.69, 9.17) is 5.11 Å². The number of aromatic carboxylic acids is 1. The fourth-order valence-corrected chi connectivity index (χ4v) is 2.72. The number of carboxylic acid groups (broad SMARTS) is 1. The molecule has 1 aromatic rings. The molecular formula is C12H14FNO5S. The second-order valence-electron chi connectivity index (χ2n) is 4.43. The van der Waals surface area contributed by atoms with Gasteiger partial charge in [0.05, 0.1) is 5.56 Å². The largest absolute Gasteiger partial charge is 0.478 e. The van der Waals surface area contributed by atoms with Crippen LogP contribution in [0.2, 0.25) is 0 Å². The lowest BCUT2D eigenvalue weighted by Gasteiger charge is -2.09. The van der Waals surface area contributed by atoms with Crippen LogP contribution in [0.1, 0.15) is 24.2 Å². The average molecular weight is 303 g/mol. The number of carboxylic acids is 1. The third-order valence-corrected chi connectivity index (χ3v) is 3.93. The van der Waals surface area contributed by atoms with E-state index in [0.717, 1.165) is 12.1 Å². The van der Waals surface area contributed by atoms with Crippen LogP contribution in [0.25, 0.3) is 0 Å². The summed E-state index contributed by atoms with van der Waals surface area (Å²) in [6, 6.07) is 2.18. The number of sulfone groups is 1. The molecule has 0 fully saturated rings. The monoisotopic (exact) mass is 303 g/mol. The smallest absolute Gasteiger partial charge is 0.335 e. The number of carbonyl (C=O) groups is 2. The molecule has 0 aliphatic carbocycles. The van der Waals surface area contributed by atoms with Gasteiger partial charge in [0, 0.05) is 6.04 Å². The Kier molecular flexibility index (Phi) is 4.83. The fraction of sp³-hybridized carbons (Fsp3) is 0.333. The van der Waals surface area contributed by atoms with Gasteiger partial charge in [0.25, 0.3) is 0 Å². The van der Waals surface area contributed by atoms with E-state index in [1.807, 2.05) is 0 Å². The summed E-state index contributed by atoms with van der Waals surface area (Å²) in [6.45, 7) is 3.32. The van der Waals surface area contributed by atoms with Gasteiger partial charge in [-0.2, -0.15) is 0 Å². The first-order chi connectivity index (χ1) is 9.13. The minimum absolute atomic E-state index is 0.239. The second-order valence-corrected chi connectivity index (χ2v) is 6.39. The summed E-state index contributed by atoms with van der Waals surface area (Å²) in [5, 5.41) is 11.1. The molecule has 0 aromatic heterocycles. The van der Waals surface area contributed by atoms with Crippen LogP contribution in [0.5, 0.6) is 0 Å². The van der Waals surface area contributed by atoms with Crippen LogP contribution in [0, 0.1) is 5.82 Å². The molecule has 6 nitrogen and oxygen atoms in total. The van der Waals surface area contributed by atoms with Crippen molar-refractivity contribution < 1.29 is 27.5 Å². The number of rotatable bonds is 5. The van der Waals surface area contributed by atoms with Crippen molar-refractivity contribution in [2.75, 3.05) is 5.75 Å². The van der Waals surface area contributed by atoms with Gasteiger partial charge in [0.2, 0.25) is 5.91 Å². The molecule has 0 saturated carbocycles. The van der Waals surface area contributed by atoms with Crippen molar-refractivity contribution in [2.45, 2.75) is 24.8 Å². The number of carbonyl (C=O) groups excluding carboxylic acids is 1. The molecule has 1 rings (SSSR count). The summed E-state index contributed by atoms with van der Waals surface area (Å²) in [5.74, 6) is -4.21. The van der Waals surface area contributed by atoms with Crippen molar-refractivity contribution in [1.82, 2.24) is 5.32 Å². The van der Waals surface area contributed by atoms with E-state index in [2.05, 4.69) is 5.32 Å². The van der Waals surface area contributed by atoms with Crippen molar-refractivity contribution in [3.8, 4) is 0 Å². The van der Waals surface area contributed by atoms with Gasteiger partial charge < -0.3 is 10.4 Å². The van der Waals surface area contributed by atoms with Crippen LogP contribution < -0.4 is 5.32 Å². The molecule has 20 heavy (non-hydrogen) atoms. The zero-order valence-electron chi connectivity index (χ0n) is 10.9. The molecule has 0 aliphatic rings. The molecular weight excluding hydrogens is 289 g/mol. The van der Waals surface area contributed by atoms with Crippen LogP contribution in [-0.2, 0) is 14.6 Å². The summed E-state index contributed by atoms with van der Waals surface area (Å²) in [4.78, 5) is 21.4. The van der Waals surface area contributed by atoms with Crippen LogP contribution >= 0.6 is 0 Å². The number of benzene rings is 1. The predicted octanol–water partition coefficient (Wildman–Crippen LogP) is 0.822. The van der Waals surface area contributed by atoms with Crippen molar-refractivity contribution in [2.24, 2.45) is 0 Å². The van der Waals surface area contributed by atoms with Gasteiger partial charge in [0.1, 0.15) is 16.5 Å². The van der Waals surface area contributed by atoms with Crippen LogP contribution in [0.4, 0.5) is 4.39 Å². The number of amides is 1. The molecule has 0 spiro atoms. The van der Waals surface area contributed by atoms with Gasteiger partial charge in [-0.15, -0.1) is 0 Å². The van der Waals surface area contributed by atoms with Gasteiger partial charge in [-0.1, -0.05) is 0 Å². The van der Waals surface area contributed by atoms with Gasteiger partial charge in [0.15, 0.2) is 9.84 Å². The molecule has 0 radical (unpaired) electrons. The van der Waals surface area contributed by atoms with Crippen LogP contribution in [0.15, 0.2) is 23.1 Å². The Hall–Kier alpha value is -1.96. The maximum Gasteiger partial charge on any atom is 0.335 e. The number of nitrogens with one attached hydrogen (secondary N) is 1. The van der Waals surface area contributed by atoms with Crippen molar-refractivity contribution >= 4 is 21.7 Å². The summed E-state index contributed by atoms with van der Waals surface area (Å²) in [6.07, 6.45) is 0. The Balaban J connectivity index is 3.04. The molecule has 2 N–H and O–H groups in total. The molecule has 0 saturated heterocycles. The number of hydrogen-bond acceptors (Lipinski definition) is 4. The minimum Gasteiger partial charge on any atom is -0.478 e. The Labute approximate surface area is 115 Å². The van der Waals surface area contributed by atoms with E-state index in [1.54, 1.807) is 13.8 Å². The molecule has 1 aromatic carbocycles. The summed E-state index contributed by atoms with van der Waals surface area (Å²) in [7, 11) is -4.16. The quantitative estimate of drug-likeness (QED) is 0.839.